The molecule has 0 unspecified atom stereocenters. The van der Waals surface area contributed by atoms with Crippen molar-refractivity contribution < 1.29 is 4.79 Å². The molecule has 0 fully saturated rings. The molecule has 1 aromatic heterocycles. The van der Waals surface area contributed by atoms with Crippen molar-refractivity contribution in [1.29, 1.82) is 0 Å². The molecule has 5 heteroatoms. The zero-order chi connectivity index (χ0) is 17.6. The Kier molecular flexibility index (Phi) is 3.57. The number of aryl methyl sites for hydroxylation is 2. The molecule has 4 rings (SSSR count). The first-order valence-electron chi connectivity index (χ1n) is 8.32. The van der Waals surface area contributed by atoms with Crippen LogP contribution in [0, 0.1) is 13.8 Å². The van der Waals surface area contributed by atoms with Gasteiger partial charge in [0.2, 0.25) is 5.91 Å². The van der Waals surface area contributed by atoms with Crippen molar-refractivity contribution in [3.63, 3.8) is 0 Å². The number of aromatic nitrogens is 2. The predicted molar refractivity (Wildman–Crippen MR) is 99.6 cm³/mol. The van der Waals surface area contributed by atoms with E-state index in [1.807, 2.05) is 35.9 Å². The normalized spacial score (nSPS) is 15.1. The van der Waals surface area contributed by atoms with Crippen molar-refractivity contribution in [2.75, 3.05) is 10.6 Å². The lowest BCUT2D eigenvalue weighted by atomic mass is 10.0. The van der Waals surface area contributed by atoms with E-state index < -0.39 is 0 Å². The molecule has 1 aliphatic heterocycles. The van der Waals surface area contributed by atoms with E-state index in [-0.39, 0.29) is 12.1 Å². The van der Waals surface area contributed by atoms with E-state index in [2.05, 4.69) is 41.8 Å². The molecule has 0 aliphatic carbocycles. The van der Waals surface area contributed by atoms with Crippen LogP contribution in [0.3, 0.4) is 0 Å². The van der Waals surface area contributed by atoms with E-state index in [1.54, 1.807) is 0 Å². The van der Waals surface area contributed by atoms with Crippen LogP contribution >= 0.6 is 0 Å². The molecule has 1 atom stereocenters. The number of nitrogens with one attached hydrogen (secondary N) is 2. The van der Waals surface area contributed by atoms with Crippen LogP contribution in [0.25, 0.3) is 11.3 Å². The van der Waals surface area contributed by atoms with Crippen LogP contribution in [0.1, 0.15) is 29.9 Å². The Labute approximate surface area is 146 Å². The summed E-state index contributed by atoms with van der Waals surface area (Å²) in [6, 6.07) is 16.4. The summed E-state index contributed by atoms with van der Waals surface area (Å²) in [4.78, 5) is 11.2. The Bertz CT molecular complexity index is 956. The molecule has 1 amide bonds. The van der Waals surface area contributed by atoms with E-state index in [0.717, 1.165) is 28.3 Å². The van der Waals surface area contributed by atoms with Crippen LogP contribution in [-0.4, -0.2) is 15.7 Å². The van der Waals surface area contributed by atoms with Crippen LogP contribution in [0.4, 0.5) is 11.4 Å². The van der Waals surface area contributed by atoms with Gasteiger partial charge in [0.1, 0.15) is 6.17 Å². The number of rotatable bonds is 2. The average Bonchev–Trinajstić information content (AvgIpc) is 2.96. The fourth-order valence-electron chi connectivity index (χ4n) is 3.30. The lowest BCUT2D eigenvalue weighted by Gasteiger charge is -2.29. The number of carbonyl (C=O) groups excluding carboxylic acids is 1. The Morgan fingerprint density at radius 2 is 1.88 bits per heavy atom. The summed E-state index contributed by atoms with van der Waals surface area (Å²) in [6.07, 6.45) is -0.0784. The fourth-order valence-corrected chi connectivity index (χ4v) is 3.30. The second-order valence-corrected chi connectivity index (χ2v) is 6.51. The van der Waals surface area contributed by atoms with E-state index in [1.165, 1.54) is 18.1 Å². The Morgan fingerprint density at radius 3 is 2.60 bits per heavy atom. The number of benzene rings is 2. The average molecular weight is 332 g/mol. The third kappa shape index (κ3) is 2.78. The van der Waals surface area contributed by atoms with Gasteiger partial charge in [-0.3, -0.25) is 4.79 Å². The van der Waals surface area contributed by atoms with Crippen LogP contribution in [0.15, 0.2) is 48.5 Å². The van der Waals surface area contributed by atoms with Crippen molar-refractivity contribution in [2.45, 2.75) is 26.9 Å². The summed E-state index contributed by atoms with van der Waals surface area (Å²) in [5.74, 6) is -0.0715. The first kappa shape index (κ1) is 15.4. The first-order chi connectivity index (χ1) is 12.0. The molecule has 2 N–H and O–H groups in total. The number of hydrogen-bond donors (Lipinski definition) is 2. The standard InChI is InChI=1S/C20H20N4O/c1-12-4-9-18-17(10-12)19-11-13(2)23-24(19)20(22-18)15-5-7-16(8-6-15)21-14(3)25/h4-11,20,22H,1-3H3,(H,21,25)/t20-/m1/s1. The molecule has 3 aromatic rings. The van der Waals surface area contributed by atoms with Crippen LogP contribution in [-0.2, 0) is 4.79 Å². The maximum absolute atomic E-state index is 11.2. The van der Waals surface area contributed by atoms with Crippen molar-refractivity contribution in [2.24, 2.45) is 0 Å². The molecule has 126 valence electrons. The van der Waals surface area contributed by atoms with Gasteiger partial charge in [0.25, 0.3) is 0 Å². The molecule has 25 heavy (non-hydrogen) atoms. The summed E-state index contributed by atoms with van der Waals surface area (Å²) >= 11 is 0. The van der Waals surface area contributed by atoms with Crippen LogP contribution in [0.2, 0.25) is 0 Å². The van der Waals surface area contributed by atoms with Crippen molar-refractivity contribution >= 4 is 17.3 Å². The molecule has 0 radical (unpaired) electrons. The van der Waals surface area contributed by atoms with Crippen molar-refractivity contribution in [3.05, 3.63) is 65.4 Å². The van der Waals surface area contributed by atoms with Crippen LogP contribution < -0.4 is 10.6 Å². The van der Waals surface area contributed by atoms with Gasteiger partial charge < -0.3 is 10.6 Å². The zero-order valence-electron chi connectivity index (χ0n) is 14.5. The zero-order valence-corrected chi connectivity index (χ0v) is 14.5. The number of fused-ring (bicyclic) bond motifs is 3. The number of amides is 1. The fraction of sp³-hybridized carbons (Fsp3) is 0.200. The summed E-state index contributed by atoms with van der Waals surface area (Å²) in [7, 11) is 0. The molecular formula is C20H20N4O. The van der Waals surface area contributed by atoms with Gasteiger partial charge in [-0.1, -0.05) is 23.8 Å². The second kappa shape index (κ2) is 5.77. The molecule has 0 bridgehead atoms. The monoisotopic (exact) mass is 332 g/mol. The molecule has 5 nitrogen and oxygen atoms in total. The lowest BCUT2D eigenvalue weighted by Crippen LogP contribution is -2.25. The van der Waals surface area contributed by atoms with Gasteiger partial charge in [0.15, 0.2) is 0 Å². The summed E-state index contributed by atoms with van der Waals surface area (Å²) < 4.78 is 2.03. The Morgan fingerprint density at radius 1 is 1.12 bits per heavy atom. The van der Waals surface area contributed by atoms with E-state index in [4.69, 9.17) is 5.10 Å². The maximum Gasteiger partial charge on any atom is 0.221 e. The van der Waals surface area contributed by atoms with Gasteiger partial charge in [-0.2, -0.15) is 5.10 Å². The predicted octanol–water partition coefficient (Wildman–Crippen LogP) is 4.10. The molecule has 2 aromatic carbocycles. The molecule has 1 aliphatic rings. The summed E-state index contributed by atoms with van der Waals surface area (Å²) in [5.41, 5.74) is 7.49. The van der Waals surface area contributed by atoms with Crippen LogP contribution in [0.5, 0.6) is 0 Å². The number of nitrogens with zero attached hydrogens (tertiary/aromatic N) is 2. The largest absolute Gasteiger partial charge is 0.359 e. The maximum atomic E-state index is 11.2. The minimum atomic E-state index is -0.0784. The highest BCUT2D eigenvalue weighted by Crippen LogP contribution is 2.39. The number of anilines is 2. The molecule has 2 heterocycles. The second-order valence-electron chi connectivity index (χ2n) is 6.51. The highest BCUT2D eigenvalue weighted by molar-refractivity contribution is 5.88. The van der Waals surface area contributed by atoms with Gasteiger partial charge in [0.05, 0.1) is 11.4 Å². The Balaban J connectivity index is 1.76. The van der Waals surface area contributed by atoms with Gasteiger partial charge in [0, 0.05) is 23.9 Å². The first-order valence-corrected chi connectivity index (χ1v) is 8.32. The number of hydrogen-bond acceptors (Lipinski definition) is 3. The molecule has 0 saturated heterocycles. The van der Waals surface area contributed by atoms with E-state index in [0.29, 0.717) is 0 Å². The highest BCUT2D eigenvalue weighted by atomic mass is 16.1. The quantitative estimate of drug-likeness (QED) is 0.743. The Hall–Kier alpha value is -3.08. The topological polar surface area (TPSA) is 59.0 Å². The molecular weight excluding hydrogens is 312 g/mol. The van der Waals surface area contributed by atoms with Gasteiger partial charge in [-0.25, -0.2) is 4.68 Å². The smallest absolute Gasteiger partial charge is 0.221 e. The van der Waals surface area contributed by atoms with Gasteiger partial charge in [-0.05, 0) is 49.7 Å². The van der Waals surface area contributed by atoms with Gasteiger partial charge in [-0.15, -0.1) is 0 Å². The van der Waals surface area contributed by atoms with E-state index >= 15 is 0 Å². The summed E-state index contributed by atoms with van der Waals surface area (Å²) in [5, 5.41) is 11.1. The van der Waals surface area contributed by atoms with E-state index in [9.17, 15) is 4.79 Å². The SMILES string of the molecule is CC(=O)Nc1ccc([C@@H]2Nc3ccc(C)cc3-c3cc(C)nn32)cc1. The molecule has 0 saturated carbocycles. The van der Waals surface area contributed by atoms with Gasteiger partial charge >= 0.3 is 0 Å². The lowest BCUT2D eigenvalue weighted by molar-refractivity contribution is -0.114. The third-order valence-corrected chi connectivity index (χ3v) is 4.39. The highest BCUT2D eigenvalue weighted by Gasteiger charge is 2.26. The number of carbonyl (C=O) groups is 1. The summed E-state index contributed by atoms with van der Waals surface area (Å²) in [6.45, 7) is 5.62. The minimum absolute atomic E-state index is 0.0715. The third-order valence-electron chi connectivity index (χ3n) is 4.39. The van der Waals surface area contributed by atoms with Crippen molar-refractivity contribution in [3.8, 4) is 11.3 Å². The molecule has 0 spiro atoms. The van der Waals surface area contributed by atoms with Crippen molar-refractivity contribution in [1.82, 2.24) is 9.78 Å². The minimum Gasteiger partial charge on any atom is -0.359 e.